The first-order chi connectivity index (χ1) is 8.15. The molecule has 5 nitrogen and oxygen atoms in total. The van der Waals surface area contributed by atoms with Gasteiger partial charge in [-0.25, -0.2) is 4.79 Å². The van der Waals surface area contributed by atoms with Crippen LogP contribution in [0.1, 0.15) is 49.5 Å². The Hall–Kier alpha value is -1.52. The van der Waals surface area contributed by atoms with E-state index in [2.05, 4.69) is 17.2 Å². The second kappa shape index (κ2) is 4.77. The highest BCUT2D eigenvalue weighted by molar-refractivity contribution is 5.85. The minimum atomic E-state index is -1.06. The van der Waals surface area contributed by atoms with Crippen molar-refractivity contribution in [1.82, 2.24) is 4.98 Å². The van der Waals surface area contributed by atoms with E-state index in [-0.39, 0.29) is 5.69 Å². The Morgan fingerprint density at radius 2 is 2.29 bits per heavy atom. The van der Waals surface area contributed by atoms with Gasteiger partial charge in [0.25, 0.3) is 6.01 Å². The van der Waals surface area contributed by atoms with Gasteiger partial charge in [-0.05, 0) is 24.7 Å². The van der Waals surface area contributed by atoms with Gasteiger partial charge in [0.1, 0.15) is 6.26 Å². The lowest BCUT2D eigenvalue weighted by Crippen LogP contribution is -2.26. The summed E-state index contributed by atoms with van der Waals surface area (Å²) in [5.74, 6) is -1.06. The third kappa shape index (κ3) is 2.60. The van der Waals surface area contributed by atoms with Gasteiger partial charge >= 0.3 is 5.97 Å². The monoisotopic (exact) mass is 238 g/mol. The van der Waals surface area contributed by atoms with E-state index in [0.29, 0.717) is 11.4 Å². The molecule has 1 aliphatic rings. The fraction of sp³-hybridized carbons (Fsp3) is 0.667. The number of aromatic carboxylic acids is 1. The summed E-state index contributed by atoms with van der Waals surface area (Å²) in [7, 11) is 0. The molecule has 0 aliphatic heterocycles. The predicted molar refractivity (Wildman–Crippen MR) is 63.1 cm³/mol. The fourth-order valence-electron chi connectivity index (χ4n) is 2.50. The van der Waals surface area contributed by atoms with E-state index < -0.39 is 5.97 Å². The summed E-state index contributed by atoms with van der Waals surface area (Å²) < 4.78 is 5.07. The van der Waals surface area contributed by atoms with Gasteiger partial charge in [0.15, 0.2) is 5.69 Å². The lowest BCUT2D eigenvalue weighted by atomic mass is 9.83. The Balaban J connectivity index is 1.94. The van der Waals surface area contributed by atoms with Crippen molar-refractivity contribution in [2.45, 2.75) is 39.0 Å². The number of hydrogen-bond donors (Lipinski definition) is 2. The molecule has 1 fully saturated rings. The molecule has 0 saturated heterocycles. The summed E-state index contributed by atoms with van der Waals surface area (Å²) >= 11 is 0. The minimum Gasteiger partial charge on any atom is -0.476 e. The van der Waals surface area contributed by atoms with Gasteiger partial charge in [0, 0.05) is 6.54 Å². The molecule has 0 amide bonds. The molecule has 1 saturated carbocycles. The molecule has 0 bridgehead atoms. The van der Waals surface area contributed by atoms with Crippen LogP contribution in [0.25, 0.3) is 0 Å². The standard InChI is InChI=1S/C12H18N2O3/c1-2-12(5-3-4-6-12)8-13-11-14-9(7-17-11)10(15)16/h7H,2-6,8H2,1H3,(H,13,14)(H,15,16). The van der Waals surface area contributed by atoms with Crippen molar-refractivity contribution in [3.63, 3.8) is 0 Å². The Kier molecular flexibility index (Phi) is 3.36. The molecule has 0 radical (unpaired) electrons. The molecule has 1 aromatic heterocycles. The highest BCUT2D eigenvalue weighted by atomic mass is 16.4. The van der Waals surface area contributed by atoms with E-state index in [9.17, 15) is 4.79 Å². The zero-order valence-corrected chi connectivity index (χ0v) is 10.0. The Labute approximate surface area is 100 Å². The number of carboxylic acid groups (broad SMARTS) is 1. The maximum atomic E-state index is 10.6. The van der Waals surface area contributed by atoms with Crippen molar-refractivity contribution in [2.24, 2.45) is 5.41 Å². The third-order valence-electron chi connectivity index (χ3n) is 3.75. The van der Waals surface area contributed by atoms with Gasteiger partial charge in [0.05, 0.1) is 0 Å². The molecule has 0 spiro atoms. The van der Waals surface area contributed by atoms with Crippen molar-refractivity contribution in [2.75, 3.05) is 11.9 Å². The van der Waals surface area contributed by atoms with Crippen LogP contribution in [-0.4, -0.2) is 22.6 Å². The average Bonchev–Trinajstić information content (AvgIpc) is 2.96. The molecule has 1 heterocycles. The van der Waals surface area contributed by atoms with Crippen LogP contribution in [0.5, 0.6) is 0 Å². The Bertz CT molecular complexity index is 394. The number of hydrogen-bond acceptors (Lipinski definition) is 4. The molecule has 2 rings (SSSR count). The van der Waals surface area contributed by atoms with Crippen LogP contribution < -0.4 is 5.32 Å². The molecule has 1 aromatic rings. The highest BCUT2D eigenvalue weighted by Crippen LogP contribution is 2.40. The van der Waals surface area contributed by atoms with Crippen molar-refractivity contribution in [3.8, 4) is 0 Å². The topological polar surface area (TPSA) is 75.4 Å². The van der Waals surface area contributed by atoms with E-state index in [1.165, 1.54) is 25.7 Å². The van der Waals surface area contributed by atoms with Crippen molar-refractivity contribution < 1.29 is 14.3 Å². The number of aromatic nitrogens is 1. The summed E-state index contributed by atoms with van der Waals surface area (Å²) in [5.41, 5.74) is 0.280. The van der Waals surface area contributed by atoms with Crippen LogP contribution in [0.4, 0.5) is 6.01 Å². The first kappa shape index (κ1) is 12.0. The summed E-state index contributed by atoms with van der Waals surface area (Å²) in [6, 6.07) is 0.308. The zero-order chi connectivity index (χ0) is 12.3. The maximum Gasteiger partial charge on any atom is 0.357 e. The third-order valence-corrected chi connectivity index (χ3v) is 3.75. The number of oxazole rings is 1. The van der Waals surface area contributed by atoms with Crippen molar-refractivity contribution >= 4 is 12.0 Å². The second-order valence-electron chi connectivity index (χ2n) is 4.76. The molecule has 0 unspecified atom stereocenters. The number of rotatable bonds is 5. The van der Waals surface area contributed by atoms with Crippen LogP contribution in [0, 0.1) is 5.41 Å². The molecular weight excluding hydrogens is 220 g/mol. The summed E-state index contributed by atoms with van der Waals surface area (Å²) in [5, 5.41) is 11.8. The first-order valence-electron chi connectivity index (χ1n) is 6.08. The zero-order valence-electron chi connectivity index (χ0n) is 10.0. The molecule has 1 aliphatic carbocycles. The molecule has 0 atom stereocenters. The smallest absolute Gasteiger partial charge is 0.357 e. The maximum absolute atomic E-state index is 10.6. The quantitative estimate of drug-likeness (QED) is 0.824. The van der Waals surface area contributed by atoms with Gasteiger partial charge in [0.2, 0.25) is 0 Å². The van der Waals surface area contributed by atoms with E-state index in [4.69, 9.17) is 9.52 Å². The molecule has 17 heavy (non-hydrogen) atoms. The lowest BCUT2D eigenvalue weighted by Gasteiger charge is -2.27. The summed E-state index contributed by atoms with van der Waals surface area (Å²) in [6.07, 6.45) is 7.30. The van der Waals surface area contributed by atoms with Gasteiger partial charge in [-0.15, -0.1) is 0 Å². The van der Waals surface area contributed by atoms with Gasteiger partial charge in [-0.3, -0.25) is 0 Å². The number of carboxylic acids is 1. The Morgan fingerprint density at radius 1 is 1.59 bits per heavy atom. The number of carbonyl (C=O) groups is 1. The minimum absolute atomic E-state index is 0.0514. The predicted octanol–water partition coefficient (Wildman–Crippen LogP) is 2.76. The highest BCUT2D eigenvalue weighted by Gasteiger charge is 2.32. The number of anilines is 1. The van der Waals surface area contributed by atoms with E-state index in [1.807, 2.05) is 0 Å². The molecule has 5 heteroatoms. The van der Waals surface area contributed by atoms with Gasteiger partial charge in [-0.2, -0.15) is 4.98 Å². The average molecular weight is 238 g/mol. The first-order valence-corrected chi connectivity index (χ1v) is 6.08. The fourth-order valence-corrected chi connectivity index (χ4v) is 2.50. The van der Waals surface area contributed by atoms with Crippen LogP contribution in [-0.2, 0) is 0 Å². The van der Waals surface area contributed by atoms with Crippen molar-refractivity contribution in [1.29, 1.82) is 0 Å². The largest absolute Gasteiger partial charge is 0.476 e. The van der Waals surface area contributed by atoms with Gasteiger partial charge in [-0.1, -0.05) is 19.8 Å². The van der Waals surface area contributed by atoms with Crippen LogP contribution >= 0.6 is 0 Å². The van der Waals surface area contributed by atoms with Crippen LogP contribution in [0.3, 0.4) is 0 Å². The molecule has 94 valence electrons. The Morgan fingerprint density at radius 3 is 2.82 bits per heavy atom. The van der Waals surface area contributed by atoms with Crippen LogP contribution in [0.2, 0.25) is 0 Å². The number of nitrogens with one attached hydrogen (secondary N) is 1. The van der Waals surface area contributed by atoms with Gasteiger partial charge < -0.3 is 14.8 Å². The SMILES string of the molecule is CCC1(CNc2nc(C(=O)O)co2)CCCC1. The second-order valence-corrected chi connectivity index (χ2v) is 4.76. The summed E-state index contributed by atoms with van der Waals surface area (Å²) in [4.78, 5) is 14.5. The van der Waals surface area contributed by atoms with Crippen molar-refractivity contribution in [3.05, 3.63) is 12.0 Å². The number of nitrogens with zero attached hydrogens (tertiary/aromatic N) is 1. The molecule has 0 aromatic carbocycles. The van der Waals surface area contributed by atoms with Crippen LogP contribution in [0.15, 0.2) is 10.7 Å². The van der Waals surface area contributed by atoms with E-state index in [0.717, 1.165) is 19.2 Å². The lowest BCUT2D eigenvalue weighted by molar-refractivity contribution is 0.0690. The normalized spacial score (nSPS) is 18.2. The summed E-state index contributed by atoms with van der Waals surface area (Å²) in [6.45, 7) is 3.01. The van der Waals surface area contributed by atoms with E-state index >= 15 is 0 Å². The molecular formula is C12H18N2O3. The van der Waals surface area contributed by atoms with E-state index in [1.54, 1.807) is 0 Å². The molecule has 2 N–H and O–H groups in total.